The monoisotopic (exact) mass is 354 g/mol. The van der Waals surface area contributed by atoms with Crippen LogP contribution in [0.4, 0.5) is 5.69 Å². The smallest absolute Gasteiger partial charge is 0.224 e. The third-order valence-corrected chi connectivity index (χ3v) is 4.94. The molecule has 0 saturated heterocycles. The van der Waals surface area contributed by atoms with Gasteiger partial charge in [-0.3, -0.25) is 4.79 Å². The highest BCUT2D eigenvalue weighted by atomic mass is 16.1. The molecule has 1 aromatic carbocycles. The summed E-state index contributed by atoms with van der Waals surface area (Å²) in [5.41, 5.74) is 2.08. The Kier molecular flexibility index (Phi) is 6.07. The molecule has 140 valence electrons. The minimum absolute atomic E-state index is 0.0416. The average Bonchev–Trinajstić information content (AvgIpc) is 3.38. The first-order valence-corrected chi connectivity index (χ1v) is 9.88. The van der Waals surface area contributed by atoms with E-state index in [1.807, 2.05) is 18.2 Å². The standard InChI is InChI=1S/C21H30N4O/c1-4-16-7-5-6-8-18(16)22-21(26)14-13-20-24-23-19(12-9-15(2)3)25(20)17-10-11-17/h5-8,15,17H,4,9-14H2,1-3H3,(H,22,26). The van der Waals surface area contributed by atoms with Crippen LogP contribution < -0.4 is 5.32 Å². The van der Waals surface area contributed by atoms with E-state index in [4.69, 9.17) is 0 Å². The van der Waals surface area contributed by atoms with Crippen molar-refractivity contribution in [2.45, 2.75) is 71.8 Å². The largest absolute Gasteiger partial charge is 0.326 e. The molecule has 0 bridgehead atoms. The van der Waals surface area contributed by atoms with Gasteiger partial charge in [0.25, 0.3) is 0 Å². The molecule has 0 unspecified atom stereocenters. The van der Waals surface area contributed by atoms with Crippen LogP contribution in [0.3, 0.4) is 0 Å². The third kappa shape index (κ3) is 4.71. The lowest BCUT2D eigenvalue weighted by atomic mass is 10.1. The molecule has 0 spiro atoms. The number of anilines is 1. The summed E-state index contributed by atoms with van der Waals surface area (Å²) in [6.45, 7) is 6.57. The molecular weight excluding hydrogens is 324 g/mol. The van der Waals surface area contributed by atoms with Crippen molar-refractivity contribution in [3.8, 4) is 0 Å². The first-order chi connectivity index (χ1) is 12.6. The second-order valence-electron chi connectivity index (χ2n) is 7.63. The lowest BCUT2D eigenvalue weighted by Crippen LogP contribution is -2.15. The molecule has 5 heteroatoms. The van der Waals surface area contributed by atoms with Gasteiger partial charge in [0.2, 0.25) is 5.91 Å². The van der Waals surface area contributed by atoms with Crippen LogP contribution in [0.2, 0.25) is 0 Å². The van der Waals surface area contributed by atoms with Crippen LogP contribution in [-0.4, -0.2) is 20.7 Å². The fourth-order valence-corrected chi connectivity index (χ4v) is 3.26. The summed E-state index contributed by atoms with van der Waals surface area (Å²) in [7, 11) is 0. The van der Waals surface area contributed by atoms with E-state index >= 15 is 0 Å². The zero-order valence-electron chi connectivity index (χ0n) is 16.2. The molecular formula is C21H30N4O. The highest BCUT2D eigenvalue weighted by molar-refractivity contribution is 5.91. The second kappa shape index (κ2) is 8.47. The van der Waals surface area contributed by atoms with E-state index in [1.54, 1.807) is 0 Å². The molecule has 1 aliphatic carbocycles. The van der Waals surface area contributed by atoms with Crippen molar-refractivity contribution in [1.82, 2.24) is 14.8 Å². The molecule has 1 fully saturated rings. The number of carbonyl (C=O) groups excluding carboxylic acids is 1. The molecule has 1 heterocycles. The Labute approximate surface area is 156 Å². The van der Waals surface area contributed by atoms with Crippen LogP contribution in [0.25, 0.3) is 0 Å². The van der Waals surface area contributed by atoms with Crippen molar-refractivity contribution in [2.24, 2.45) is 5.92 Å². The molecule has 5 nitrogen and oxygen atoms in total. The Balaban J connectivity index is 1.61. The fourth-order valence-electron chi connectivity index (χ4n) is 3.26. The van der Waals surface area contributed by atoms with Gasteiger partial charge in [-0.15, -0.1) is 10.2 Å². The zero-order valence-corrected chi connectivity index (χ0v) is 16.2. The number of para-hydroxylation sites is 1. The van der Waals surface area contributed by atoms with Gasteiger partial charge in [-0.2, -0.15) is 0 Å². The molecule has 1 saturated carbocycles. The molecule has 1 aromatic heterocycles. The number of hydrogen-bond acceptors (Lipinski definition) is 3. The number of aryl methyl sites for hydroxylation is 3. The van der Waals surface area contributed by atoms with E-state index in [9.17, 15) is 4.79 Å². The fraction of sp³-hybridized carbons (Fsp3) is 0.571. The number of aromatic nitrogens is 3. The number of nitrogens with one attached hydrogen (secondary N) is 1. The molecule has 1 aliphatic rings. The lowest BCUT2D eigenvalue weighted by molar-refractivity contribution is -0.116. The average molecular weight is 354 g/mol. The Hall–Kier alpha value is -2.17. The van der Waals surface area contributed by atoms with Gasteiger partial charge in [0.05, 0.1) is 0 Å². The van der Waals surface area contributed by atoms with E-state index in [0.717, 1.165) is 42.2 Å². The minimum Gasteiger partial charge on any atom is -0.326 e. The topological polar surface area (TPSA) is 59.8 Å². The van der Waals surface area contributed by atoms with E-state index < -0.39 is 0 Å². The van der Waals surface area contributed by atoms with Crippen molar-refractivity contribution in [3.05, 3.63) is 41.5 Å². The van der Waals surface area contributed by atoms with Gasteiger partial charge in [0.1, 0.15) is 11.6 Å². The first-order valence-electron chi connectivity index (χ1n) is 9.88. The van der Waals surface area contributed by atoms with Crippen molar-refractivity contribution in [3.63, 3.8) is 0 Å². The van der Waals surface area contributed by atoms with Crippen molar-refractivity contribution >= 4 is 11.6 Å². The number of carbonyl (C=O) groups is 1. The molecule has 0 radical (unpaired) electrons. The SMILES string of the molecule is CCc1ccccc1NC(=O)CCc1nnc(CCC(C)C)n1C1CC1. The number of benzene rings is 1. The highest BCUT2D eigenvalue weighted by Gasteiger charge is 2.29. The maximum absolute atomic E-state index is 12.4. The Morgan fingerprint density at radius 3 is 2.54 bits per heavy atom. The minimum atomic E-state index is 0.0416. The van der Waals surface area contributed by atoms with Crippen LogP contribution in [0.1, 0.15) is 69.7 Å². The molecule has 3 rings (SSSR count). The maximum atomic E-state index is 12.4. The maximum Gasteiger partial charge on any atom is 0.224 e. The van der Waals surface area contributed by atoms with Crippen molar-refractivity contribution < 1.29 is 4.79 Å². The summed E-state index contributed by atoms with van der Waals surface area (Å²) >= 11 is 0. The normalized spacial score (nSPS) is 14.0. The number of rotatable bonds is 9. The molecule has 1 N–H and O–H groups in total. The van der Waals surface area contributed by atoms with Crippen LogP contribution in [0.15, 0.2) is 24.3 Å². The van der Waals surface area contributed by atoms with Crippen LogP contribution in [0.5, 0.6) is 0 Å². The van der Waals surface area contributed by atoms with Crippen molar-refractivity contribution in [1.29, 1.82) is 0 Å². The summed E-state index contributed by atoms with van der Waals surface area (Å²) in [5.74, 6) is 2.75. The molecule has 0 atom stereocenters. The summed E-state index contributed by atoms with van der Waals surface area (Å²) in [6, 6.07) is 8.53. The Morgan fingerprint density at radius 1 is 1.19 bits per heavy atom. The number of nitrogens with zero attached hydrogens (tertiary/aromatic N) is 3. The van der Waals surface area contributed by atoms with Gasteiger partial charge < -0.3 is 9.88 Å². The van der Waals surface area contributed by atoms with Gasteiger partial charge in [-0.05, 0) is 43.2 Å². The molecule has 0 aliphatic heterocycles. The Morgan fingerprint density at radius 2 is 1.88 bits per heavy atom. The summed E-state index contributed by atoms with van der Waals surface area (Å²) in [4.78, 5) is 12.4. The predicted molar refractivity (Wildman–Crippen MR) is 104 cm³/mol. The summed E-state index contributed by atoms with van der Waals surface area (Å²) in [6.07, 6.45) is 6.49. The molecule has 1 amide bonds. The highest BCUT2D eigenvalue weighted by Crippen LogP contribution is 2.37. The predicted octanol–water partition coefficient (Wildman–Crippen LogP) is 4.34. The van der Waals surface area contributed by atoms with Crippen LogP contribution >= 0.6 is 0 Å². The lowest BCUT2D eigenvalue weighted by Gasteiger charge is -2.11. The van der Waals surface area contributed by atoms with E-state index in [1.165, 1.54) is 12.8 Å². The van der Waals surface area contributed by atoms with Gasteiger partial charge >= 0.3 is 0 Å². The van der Waals surface area contributed by atoms with Gasteiger partial charge in [0.15, 0.2) is 0 Å². The third-order valence-electron chi connectivity index (χ3n) is 4.94. The number of hydrogen-bond donors (Lipinski definition) is 1. The van der Waals surface area contributed by atoms with Gasteiger partial charge in [0, 0.05) is 31.0 Å². The Bertz CT molecular complexity index is 746. The molecule has 26 heavy (non-hydrogen) atoms. The first kappa shape index (κ1) is 18.6. The van der Waals surface area contributed by atoms with E-state index in [0.29, 0.717) is 24.8 Å². The van der Waals surface area contributed by atoms with Crippen LogP contribution in [-0.2, 0) is 24.1 Å². The van der Waals surface area contributed by atoms with Gasteiger partial charge in [-0.1, -0.05) is 39.0 Å². The second-order valence-corrected chi connectivity index (χ2v) is 7.63. The summed E-state index contributed by atoms with van der Waals surface area (Å²) in [5, 5.41) is 11.9. The van der Waals surface area contributed by atoms with E-state index in [2.05, 4.69) is 46.9 Å². The quantitative estimate of drug-likeness (QED) is 0.729. The van der Waals surface area contributed by atoms with Crippen molar-refractivity contribution in [2.75, 3.05) is 5.32 Å². The summed E-state index contributed by atoms with van der Waals surface area (Å²) < 4.78 is 2.30. The molecule has 2 aromatic rings. The van der Waals surface area contributed by atoms with E-state index in [-0.39, 0.29) is 5.91 Å². The van der Waals surface area contributed by atoms with Crippen LogP contribution in [0, 0.1) is 5.92 Å². The zero-order chi connectivity index (χ0) is 18.5. The van der Waals surface area contributed by atoms with Gasteiger partial charge in [-0.25, -0.2) is 0 Å². The number of amides is 1.